The van der Waals surface area contributed by atoms with Gasteiger partial charge in [0.25, 0.3) is 0 Å². The summed E-state index contributed by atoms with van der Waals surface area (Å²) in [6, 6.07) is 6.07. The molecule has 1 saturated heterocycles. The molecule has 1 aromatic rings. The van der Waals surface area contributed by atoms with Crippen LogP contribution >= 0.6 is 15.9 Å². The van der Waals surface area contributed by atoms with Gasteiger partial charge in [-0.05, 0) is 38.6 Å². The molecule has 0 radical (unpaired) electrons. The van der Waals surface area contributed by atoms with E-state index >= 15 is 0 Å². The van der Waals surface area contributed by atoms with Gasteiger partial charge in [0.15, 0.2) is 0 Å². The van der Waals surface area contributed by atoms with E-state index in [-0.39, 0.29) is 5.54 Å². The lowest BCUT2D eigenvalue weighted by Crippen LogP contribution is -2.57. The van der Waals surface area contributed by atoms with Crippen LogP contribution in [0.3, 0.4) is 0 Å². The largest absolute Gasteiger partial charge is 0.399 e. The van der Waals surface area contributed by atoms with Crippen molar-refractivity contribution in [3.05, 3.63) is 28.2 Å². The molecule has 0 spiro atoms. The fourth-order valence-electron chi connectivity index (χ4n) is 2.41. The van der Waals surface area contributed by atoms with Gasteiger partial charge in [-0.2, -0.15) is 0 Å². The number of piperazine rings is 1. The monoisotopic (exact) mass is 311 g/mol. The highest BCUT2D eigenvalue weighted by molar-refractivity contribution is 9.10. The highest BCUT2D eigenvalue weighted by Crippen LogP contribution is 2.24. The van der Waals surface area contributed by atoms with E-state index in [9.17, 15) is 0 Å². The number of rotatable bonds is 2. The lowest BCUT2D eigenvalue weighted by Gasteiger charge is -2.45. The number of halogens is 1. The summed E-state index contributed by atoms with van der Waals surface area (Å²) in [6.07, 6.45) is 0. The standard InChI is InChI=1S/C14H22BrN3/c1-14(2)10-18(7-6-17(14)3)9-11-4-5-12(16)8-13(11)15/h4-5,8H,6-7,9-10,16H2,1-3H3. The van der Waals surface area contributed by atoms with E-state index in [4.69, 9.17) is 5.73 Å². The van der Waals surface area contributed by atoms with Crippen molar-refractivity contribution in [2.75, 3.05) is 32.4 Å². The summed E-state index contributed by atoms with van der Waals surface area (Å²) in [5.74, 6) is 0. The molecule has 0 bridgehead atoms. The van der Waals surface area contributed by atoms with E-state index < -0.39 is 0 Å². The Morgan fingerprint density at radius 1 is 1.33 bits per heavy atom. The number of hydrogen-bond acceptors (Lipinski definition) is 3. The average molecular weight is 312 g/mol. The van der Waals surface area contributed by atoms with Crippen molar-refractivity contribution in [2.24, 2.45) is 0 Å². The van der Waals surface area contributed by atoms with Gasteiger partial charge >= 0.3 is 0 Å². The highest BCUT2D eigenvalue weighted by atomic mass is 79.9. The third kappa shape index (κ3) is 3.05. The van der Waals surface area contributed by atoms with Crippen LogP contribution in [0.15, 0.2) is 22.7 Å². The molecular formula is C14H22BrN3. The van der Waals surface area contributed by atoms with Crippen molar-refractivity contribution < 1.29 is 0 Å². The number of nitrogens with zero attached hydrogens (tertiary/aromatic N) is 2. The predicted molar refractivity (Wildman–Crippen MR) is 80.5 cm³/mol. The minimum atomic E-state index is 0.249. The maximum Gasteiger partial charge on any atom is 0.0325 e. The number of nitrogens with two attached hydrogens (primary N) is 1. The maximum absolute atomic E-state index is 5.77. The van der Waals surface area contributed by atoms with Gasteiger partial charge < -0.3 is 5.73 Å². The molecule has 2 rings (SSSR count). The van der Waals surface area contributed by atoms with Gasteiger partial charge in [0.05, 0.1) is 0 Å². The van der Waals surface area contributed by atoms with Gasteiger partial charge in [-0.15, -0.1) is 0 Å². The van der Waals surface area contributed by atoms with E-state index in [1.165, 1.54) is 5.56 Å². The zero-order chi connectivity index (χ0) is 13.3. The summed E-state index contributed by atoms with van der Waals surface area (Å²) >= 11 is 3.60. The van der Waals surface area contributed by atoms with Gasteiger partial charge in [-0.3, -0.25) is 9.80 Å². The second-order valence-corrected chi connectivity index (χ2v) is 6.65. The molecule has 4 heteroatoms. The molecule has 0 aromatic heterocycles. The summed E-state index contributed by atoms with van der Waals surface area (Å²) in [5, 5.41) is 0. The average Bonchev–Trinajstić information content (AvgIpc) is 2.27. The zero-order valence-electron chi connectivity index (χ0n) is 11.4. The minimum Gasteiger partial charge on any atom is -0.399 e. The SMILES string of the molecule is CN1CCN(Cc2ccc(N)cc2Br)CC1(C)C. The Balaban J connectivity index is 2.06. The van der Waals surface area contributed by atoms with Crippen molar-refractivity contribution in [1.82, 2.24) is 9.80 Å². The number of hydrogen-bond donors (Lipinski definition) is 1. The predicted octanol–water partition coefficient (Wildman–Crippen LogP) is 2.56. The quantitative estimate of drug-likeness (QED) is 0.852. The fraction of sp³-hybridized carbons (Fsp3) is 0.571. The summed E-state index contributed by atoms with van der Waals surface area (Å²) in [6.45, 7) is 8.93. The Morgan fingerprint density at radius 3 is 2.67 bits per heavy atom. The lowest BCUT2D eigenvalue weighted by atomic mass is 9.99. The molecule has 2 N–H and O–H groups in total. The molecule has 0 saturated carbocycles. The Morgan fingerprint density at radius 2 is 2.06 bits per heavy atom. The second-order valence-electron chi connectivity index (χ2n) is 5.80. The molecule has 3 nitrogen and oxygen atoms in total. The van der Waals surface area contributed by atoms with Crippen LogP contribution in [0.1, 0.15) is 19.4 Å². The first-order chi connectivity index (χ1) is 8.38. The first-order valence-corrected chi connectivity index (χ1v) is 7.15. The minimum absolute atomic E-state index is 0.249. The van der Waals surface area contributed by atoms with Crippen molar-refractivity contribution in [1.29, 1.82) is 0 Å². The first-order valence-electron chi connectivity index (χ1n) is 6.36. The lowest BCUT2D eigenvalue weighted by molar-refractivity contribution is 0.0359. The molecule has 100 valence electrons. The molecular weight excluding hydrogens is 290 g/mol. The van der Waals surface area contributed by atoms with E-state index in [0.717, 1.165) is 36.3 Å². The van der Waals surface area contributed by atoms with Gasteiger partial charge in [-0.25, -0.2) is 0 Å². The summed E-state index contributed by atoms with van der Waals surface area (Å²) in [7, 11) is 2.20. The topological polar surface area (TPSA) is 32.5 Å². The van der Waals surface area contributed by atoms with Crippen LogP contribution in [-0.4, -0.2) is 42.0 Å². The van der Waals surface area contributed by atoms with Crippen LogP contribution in [0.25, 0.3) is 0 Å². The third-order valence-electron chi connectivity index (χ3n) is 3.87. The molecule has 0 atom stereocenters. The Labute approximate surface area is 118 Å². The molecule has 1 aliphatic heterocycles. The number of likely N-dealkylation sites (N-methyl/N-ethyl adjacent to an activating group) is 1. The Kier molecular flexibility index (Phi) is 3.99. The van der Waals surface area contributed by atoms with E-state index in [0.29, 0.717) is 0 Å². The van der Waals surface area contributed by atoms with Gasteiger partial charge in [0.2, 0.25) is 0 Å². The molecule has 1 fully saturated rings. The van der Waals surface area contributed by atoms with Crippen LogP contribution in [0.2, 0.25) is 0 Å². The molecule has 18 heavy (non-hydrogen) atoms. The van der Waals surface area contributed by atoms with Gasteiger partial charge in [-0.1, -0.05) is 22.0 Å². The third-order valence-corrected chi connectivity index (χ3v) is 4.60. The normalized spacial score (nSPS) is 21.1. The van der Waals surface area contributed by atoms with E-state index in [2.05, 4.69) is 52.7 Å². The fourth-order valence-corrected chi connectivity index (χ4v) is 2.93. The van der Waals surface area contributed by atoms with Crippen molar-refractivity contribution in [3.8, 4) is 0 Å². The molecule has 0 aliphatic carbocycles. The van der Waals surface area contributed by atoms with Crippen LogP contribution in [-0.2, 0) is 6.54 Å². The number of benzene rings is 1. The molecule has 1 aliphatic rings. The number of anilines is 1. The Hall–Kier alpha value is -0.580. The van der Waals surface area contributed by atoms with Crippen molar-refractivity contribution in [2.45, 2.75) is 25.9 Å². The van der Waals surface area contributed by atoms with Gasteiger partial charge in [0, 0.05) is 41.9 Å². The van der Waals surface area contributed by atoms with Crippen LogP contribution in [0.4, 0.5) is 5.69 Å². The maximum atomic E-state index is 5.77. The van der Waals surface area contributed by atoms with E-state index in [1.54, 1.807) is 0 Å². The van der Waals surface area contributed by atoms with Gasteiger partial charge in [0.1, 0.15) is 0 Å². The molecule has 1 heterocycles. The second kappa shape index (κ2) is 5.19. The molecule has 0 unspecified atom stereocenters. The number of nitrogen functional groups attached to an aromatic ring is 1. The molecule has 1 aromatic carbocycles. The summed E-state index contributed by atoms with van der Waals surface area (Å²) < 4.78 is 1.11. The van der Waals surface area contributed by atoms with Crippen LogP contribution in [0, 0.1) is 0 Å². The smallest absolute Gasteiger partial charge is 0.0325 e. The van der Waals surface area contributed by atoms with Crippen LogP contribution < -0.4 is 5.73 Å². The van der Waals surface area contributed by atoms with Crippen molar-refractivity contribution in [3.63, 3.8) is 0 Å². The molecule has 0 amide bonds. The first kappa shape index (κ1) is 13.8. The zero-order valence-corrected chi connectivity index (χ0v) is 13.0. The van der Waals surface area contributed by atoms with Crippen molar-refractivity contribution >= 4 is 21.6 Å². The van der Waals surface area contributed by atoms with Crippen LogP contribution in [0.5, 0.6) is 0 Å². The summed E-state index contributed by atoms with van der Waals surface area (Å²) in [4.78, 5) is 4.94. The highest BCUT2D eigenvalue weighted by Gasteiger charge is 2.30. The summed E-state index contributed by atoms with van der Waals surface area (Å²) in [5.41, 5.74) is 8.14. The van der Waals surface area contributed by atoms with E-state index in [1.807, 2.05) is 12.1 Å². The Bertz CT molecular complexity index is 431.